The molecule has 2 N–H and O–H groups in total. The van der Waals surface area contributed by atoms with Crippen LogP contribution < -0.4 is 9.47 Å². The van der Waals surface area contributed by atoms with Gasteiger partial charge in [-0.1, -0.05) is 19.1 Å². The van der Waals surface area contributed by atoms with Gasteiger partial charge >= 0.3 is 0 Å². The van der Waals surface area contributed by atoms with Gasteiger partial charge in [0.2, 0.25) is 0 Å². The second kappa shape index (κ2) is 10.9. The molecule has 2 aromatic carbocycles. The summed E-state index contributed by atoms with van der Waals surface area (Å²) in [6.07, 6.45) is 6.30. The molecule has 35 heavy (non-hydrogen) atoms. The lowest BCUT2D eigenvalue weighted by Gasteiger charge is -2.42. The molecule has 1 fully saturated rings. The van der Waals surface area contributed by atoms with Crippen LogP contribution in [0.1, 0.15) is 67.7 Å². The Bertz CT molecular complexity index is 931. The lowest BCUT2D eigenvalue weighted by molar-refractivity contribution is 0.0880. The second-order valence-corrected chi connectivity index (χ2v) is 10.7. The van der Waals surface area contributed by atoms with Crippen LogP contribution in [0.25, 0.3) is 0 Å². The quantitative estimate of drug-likeness (QED) is 0.589. The maximum absolute atomic E-state index is 9.24. The Labute approximate surface area is 209 Å². The van der Waals surface area contributed by atoms with E-state index < -0.39 is 0 Å². The first-order valence-corrected chi connectivity index (χ1v) is 13.3. The summed E-state index contributed by atoms with van der Waals surface area (Å²) in [5.41, 5.74) is 5.29. The van der Waals surface area contributed by atoms with E-state index in [9.17, 15) is 10.2 Å². The van der Waals surface area contributed by atoms with Gasteiger partial charge in [0.15, 0.2) is 0 Å². The molecular formula is C29H40N2O4. The van der Waals surface area contributed by atoms with E-state index in [1.165, 1.54) is 35.1 Å². The van der Waals surface area contributed by atoms with Crippen molar-refractivity contribution in [1.82, 2.24) is 9.80 Å². The highest BCUT2D eigenvalue weighted by atomic mass is 16.5. The van der Waals surface area contributed by atoms with Crippen molar-refractivity contribution >= 4 is 0 Å². The summed E-state index contributed by atoms with van der Waals surface area (Å²) >= 11 is 0. The highest BCUT2D eigenvalue weighted by Crippen LogP contribution is 2.48. The Morgan fingerprint density at radius 2 is 1.29 bits per heavy atom. The number of aliphatic hydroxyl groups is 2. The Morgan fingerprint density at radius 3 is 1.74 bits per heavy atom. The Morgan fingerprint density at radius 1 is 0.800 bits per heavy atom. The van der Waals surface area contributed by atoms with Crippen LogP contribution in [0, 0.1) is 5.92 Å². The minimum atomic E-state index is -0.00266. The molecule has 5 rings (SSSR count). The first kappa shape index (κ1) is 24.6. The molecule has 0 saturated heterocycles. The van der Waals surface area contributed by atoms with E-state index in [0.717, 1.165) is 69.3 Å². The third kappa shape index (κ3) is 5.21. The molecule has 0 amide bonds. The predicted octanol–water partition coefficient (Wildman–Crippen LogP) is 4.25. The third-order valence-electron chi connectivity index (χ3n) is 8.21. The highest BCUT2D eigenvalue weighted by Gasteiger charge is 2.39. The van der Waals surface area contributed by atoms with Crippen molar-refractivity contribution in [3.8, 4) is 11.5 Å². The molecule has 0 spiro atoms. The van der Waals surface area contributed by atoms with Gasteiger partial charge < -0.3 is 19.7 Å². The van der Waals surface area contributed by atoms with Crippen LogP contribution in [0.4, 0.5) is 0 Å². The van der Waals surface area contributed by atoms with Gasteiger partial charge in [0.1, 0.15) is 25.0 Å². The summed E-state index contributed by atoms with van der Waals surface area (Å²) in [5, 5.41) is 18.5. The van der Waals surface area contributed by atoms with Crippen LogP contribution in [-0.2, 0) is 18.5 Å². The van der Waals surface area contributed by atoms with E-state index >= 15 is 0 Å². The minimum Gasteiger partial charge on any atom is -0.478 e. The monoisotopic (exact) mass is 480 g/mol. The number of aliphatic hydroxyl groups excluding tert-OH is 2. The van der Waals surface area contributed by atoms with E-state index in [-0.39, 0.29) is 18.6 Å². The third-order valence-corrected chi connectivity index (χ3v) is 8.21. The number of nitrogens with zero attached hydrogens (tertiary/aromatic N) is 2. The standard InChI is InChI=1S/C29H40N2O4/c1-22-8-10-29(11-9-22,25-4-6-27-23(16-25)18-30(20-34-27)12-2-14-32)26-5-7-28-24(17-26)19-31(21-35-28)13-3-15-33/h4-7,16-17,22,32-33H,2-3,8-15,18-21H2,1H3. The average Bonchev–Trinajstić information content (AvgIpc) is 2.90. The molecule has 0 unspecified atom stereocenters. The fourth-order valence-electron chi connectivity index (χ4n) is 6.05. The molecule has 1 aliphatic carbocycles. The SMILES string of the molecule is CC1CCC(c2ccc3c(c2)CN(CCCO)CO3)(c2ccc3c(c2)CN(CCCO)CO3)CC1. The van der Waals surface area contributed by atoms with Gasteiger partial charge in [-0.3, -0.25) is 9.80 Å². The fourth-order valence-corrected chi connectivity index (χ4v) is 6.05. The summed E-state index contributed by atoms with van der Waals surface area (Å²) in [5.74, 6) is 2.74. The summed E-state index contributed by atoms with van der Waals surface area (Å²) in [6.45, 7) is 7.42. The van der Waals surface area contributed by atoms with E-state index in [4.69, 9.17) is 9.47 Å². The summed E-state index contributed by atoms with van der Waals surface area (Å²) in [6, 6.07) is 13.7. The van der Waals surface area contributed by atoms with Gasteiger partial charge in [0.05, 0.1) is 0 Å². The van der Waals surface area contributed by atoms with Gasteiger partial charge in [0, 0.05) is 55.9 Å². The maximum Gasteiger partial charge on any atom is 0.142 e. The molecule has 0 bridgehead atoms. The first-order chi connectivity index (χ1) is 17.1. The zero-order valence-electron chi connectivity index (χ0n) is 21.0. The van der Waals surface area contributed by atoms with Crippen molar-refractivity contribution in [2.45, 2.75) is 64.0 Å². The second-order valence-electron chi connectivity index (χ2n) is 10.7. The number of rotatable bonds is 8. The maximum atomic E-state index is 9.24. The number of fused-ring (bicyclic) bond motifs is 2. The average molecular weight is 481 g/mol. The zero-order valence-corrected chi connectivity index (χ0v) is 21.0. The molecule has 190 valence electrons. The number of hydrogen-bond donors (Lipinski definition) is 2. The Kier molecular flexibility index (Phi) is 7.63. The smallest absolute Gasteiger partial charge is 0.142 e. The fraction of sp³-hybridized carbons (Fsp3) is 0.586. The van der Waals surface area contributed by atoms with Crippen LogP contribution in [0.5, 0.6) is 11.5 Å². The van der Waals surface area contributed by atoms with Crippen molar-refractivity contribution < 1.29 is 19.7 Å². The predicted molar refractivity (Wildman–Crippen MR) is 137 cm³/mol. The van der Waals surface area contributed by atoms with E-state index in [1.807, 2.05) is 0 Å². The molecule has 0 aromatic heterocycles. The number of benzene rings is 2. The summed E-state index contributed by atoms with van der Waals surface area (Å²) in [7, 11) is 0. The van der Waals surface area contributed by atoms with Gasteiger partial charge in [-0.2, -0.15) is 0 Å². The van der Waals surface area contributed by atoms with Crippen LogP contribution in [-0.4, -0.2) is 59.8 Å². The topological polar surface area (TPSA) is 65.4 Å². The van der Waals surface area contributed by atoms with Crippen LogP contribution in [0.3, 0.4) is 0 Å². The molecule has 2 aliphatic heterocycles. The van der Waals surface area contributed by atoms with Gasteiger partial charge in [0.25, 0.3) is 0 Å². The van der Waals surface area contributed by atoms with E-state index in [2.05, 4.69) is 53.1 Å². The lowest BCUT2D eigenvalue weighted by Crippen LogP contribution is -2.36. The normalized spacial score (nSPS) is 20.5. The van der Waals surface area contributed by atoms with Gasteiger partial charge in [-0.25, -0.2) is 0 Å². The van der Waals surface area contributed by atoms with Crippen molar-refractivity contribution in [2.75, 3.05) is 39.8 Å². The van der Waals surface area contributed by atoms with E-state index in [1.54, 1.807) is 0 Å². The van der Waals surface area contributed by atoms with Crippen molar-refractivity contribution in [2.24, 2.45) is 5.92 Å². The lowest BCUT2D eigenvalue weighted by atomic mass is 9.63. The molecule has 3 aliphatic rings. The van der Waals surface area contributed by atoms with Gasteiger partial charge in [-0.05, 0) is 79.8 Å². The largest absolute Gasteiger partial charge is 0.478 e. The molecule has 0 atom stereocenters. The number of hydrogen-bond acceptors (Lipinski definition) is 6. The number of ether oxygens (including phenoxy) is 2. The molecule has 2 aromatic rings. The molecular weight excluding hydrogens is 440 g/mol. The summed E-state index contributed by atoms with van der Waals surface area (Å²) < 4.78 is 12.1. The minimum absolute atomic E-state index is 0.00266. The summed E-state index contributed by atoms with van der Waals surface area (Å²) in [4.78, 5) is 4.55. The highest BCUT2D eigenvalue weighted by molar-refractivity contribution is 5.49. The van der Waals surface area contributed by atoms with Crippen molar-refractivity contribution in [3.63, 3.8) is 0 Å². The molecule has 2 heterocycles. The van der Waals surface area contributed by atoms with Crippen LogP contribution >= 0.6 is 0 Å². The zero-order chi connectivity index (χ0) is 24.3. The Balaban J connectivity index is 1.47. The molecule has 6 heteroatoms. The first-order valence-electron chi connectivity index (χ1n) is 13.3. The molecule has 1 saturated carbocycles. The van der Waals surface area contributed by atoms with Crippen molar-refractivity contribution in [3.05, 3.63) is 58.7 Å². The van der Waals surface area contributed by atoms with Crippen molar-refractivity contribution in [1.29, 1.82) is 0 Å². The Hall–Kier alpha value is -2.12. The van der Waals surface area contributed by atoms with Crippen LogP contribution in [0.2, 0.25) is 0 Å². The van der Waals surface area contributed by atoms with Crippen LogP contribution in [0.15, 0.2) is 36.4 Å². The van der Waals surface area contributed by atoms with Gasteiger partial charge in [-0.15, -0.1) is 0 Å². The van der Waals surface area contributed by atoms with E-state index in [0.29, 0.717) is 13.5 Å². The molecule has 0 radical (unpaired) electrons. The molecule has 6 nitrogen and oxygen atoms in total.